The number of nitrogens with zero attached hydrogens (tertiary/aromatic N) is 1. The van der Waals surface area contributed by atoms with Crippen molar-refractivity contribution in [3.8, 4) is 0 Å². The van der Waals surface area contributed by atoms with Crippen molar-refractivity contribution in [3.63, 3.8) is 0 Å². The Morgan fingerprint density at radius 1 is 1.12 bits per heavy atom. The van der Waals surface area contributed by atoms with Gasteiger partial charge in [0.2, 0.25) is 11.8 Å². The Morgan fingerprint density at radius 3 is 2.12 bits per heavy atom. The van der Waals surface area contributed by atoms with Gasteiger partial charge in [0.05, 0.1) is 12.1 Å². The summed E-state index contributed by atoms with van der Waals surface area (Å²) in [6.45, 7) is 6.69. The van der Waals surface area contributed by atoms with E-state index in [-0.39, 0.29) is 5.92 Å². The molecule has 144 valence electrons. The van der Waals surface area contributed by atoms with Crippen molar-refractivity contribution in [2.75, 3.05) is 6.54 Å². The largest absolute Gasteiger partial charge is 0.452 e. The van der Waals surface area contributed by atoms with Gasteiger partial charge in [-0.25, -0.2) is 0 Å². The van der Waals surface area contributed by atoms with Crippen LogP contribution in [0.1, 0.15) is 40.5 Å². The van der Waals surface area contributed by atoms with Crippen LogP contribution in [0.3, 0.4) is 0 Å². The number of carbonyl (C=O) groups is 3. The number of Topliss-reactive ketones (excluding diaryl/α,β-unsaturated/α-hetero) is 1. The molecule has 0 radical (unpaired) electrons. The van der Waals surface area contributed by atoms with Gasteiger partial charge in [-0.2, -0.15) is 13.2 Å². The number of hydrogen-bond acceptors (Lipinski definition) is 4. The van der Waals surface area contributed by atoms with Crippen molar-refractivity contribution in [1.82, 2.24) is 10.2 Å². The fourth-order valence-corrected chi connectivity index (χ4v) is 2.74. The van der Waals surface area contributed by atoms with Crippen molar-refractivity contribution in [2.45, 2.75) is 64.8 Å². The third-order valence-electron chi connectivity index (χ3n) is 4.37. The fraction of sp³-hybridized carbons (Fsp3) is 0.812. The molecular formula is C16H26F3N3O3. The maximum atomic E-state index is 12.7. The van der Waals surface area contributed by atoms with Gasteiger partial charge in [0.1, 0.15) is 6.04 Å². The number of rotatable bonds is 6. The van der Waals surface area contributed by atoms with Crippen LogP contribution >= 0.6 is 0 Å². The van der Waals surface area contributed by atoms with E-state index in [4.69, 9.17) is 5.73 Å². The monoisotopic (exact) mass is 365 g/mol. The highest BCUT2D eigenvalue weighted by atomic mass is 19.4. The number of likely N-dealkylation sites (tertiary alicyclic amines) is 1. The number of ketones is 1. The van der Waals surface area contributed by atoms with E-state index in [2.05, 4.69) is 5.32 Å². The highest BCUT2D eigenvalue weighted by molar-refractivity contribution is 5.96. The average Bonchev–Trinajstić information content (AvgIpc) is 2.98. The minimum Gasteiger partial charge on any atom is -0.344 e. The molecule has 1 rings (SSSR count). The van der Waals surface area contributed by atoms with Crippen LogP contribution in [0.2, 0.25) is 0 Å². The third kappa shape index (κ3) is 5.17. The van der Waals surface area contributed by atoms with E-state index in [9.17, 15) is 27.6 Å². The van der Waals surface area contributed by atoms with Crippen LogP contribution in [0.15, 0.2) is 0 Å². The zero-order chi connectivity index (χ0) is 19.5. The summed E-state index contributed by atoms with van der Waals surface area (Å²) in [4.78, 5) is 37.7. The van der Waals surface area contributed by atoms with Crippen molar-refractivity contribution in [2.24, 2.45) is 17.6 Å². The van der Waals surface area contributed by atoms with Crippen LogP contribution in [0, 0.1) is 11.8 Å². The Morgan fingerprint density at radius 2 is 1.68 bits per heavy atom. The van der Waals surface area contributed by atoms with Gasteiger partial charge < -0.3 is 16.0 Å². The molecule has 25 heavy (non-hydrogen) atoms. The third-order valence-corrected chi connectivity index (χ3v) is 4.37. The molecule has 1 aliphatic rings. The number of amides is 2. The predicted molar refractivity (Wildman–Crippen MR) is 85.4 cm³/mol. The normalized spacial score (nSPS) is 20.7. The number of hydrogen-bond donors (Lipinski definition) is 2. The first kappa shape index (κ1) is 21.4. The zero-order valence-electron chi connectivity index (χ0n) is 14.9. The van der Waals surface area contributed by atoms with E-state index in [1.165, 1.54) is 18.7 Å². The van der Waals surface area contributed by atoms with Gasteiger partial charge in [0, 0.05) is 6.54 Å². The van der Waals surface area contributed by atoms with Crippen LogP contribution in [0.25, 0.3) is 0 Å². The molecule has 1 aliphatic heterocycles. The summed E-state index contributed by atoms with van der Waals surface area (Å²) >= 11 is 0. The van der Waals surface area contributed by atoms with Crippen LogP contribution in [0.5, 0.6) is 0 Å². The summed E-state index contributed by atoms with van der Waals surface area (Å²) in [5.41, 5.74) is 5.83. The van der Waals surface area contributed by atoms with E-state index in [1.807, 2.05) is 0 Å². The maximum Gasteiger partial charge on any atom is 0.452 e. The first-order valence-electron chi connectivity index (χ1n) is 8.35. The smallest absolute Gasteiger partial charge is 0.344 e. The SMILES string of the molecule is CC(C)C(NC(=O)[C@@H]1CCCN1C(=O)[C@@H](N)C(C)C)C(=O)C(F)(F)F. The van der Waals surface area contributed by atoms with E-state index in [0.717, 1.165) is 0 Å². The lowest BCUT2D eigenvalue weighted by molar-refractivity contribution is -0.175. The number of halogens is 3. The lowest BCUT2D eigenvalue weighted by Crippen LogP contribution is -2.57. The van der Waals surface area contributed by atoms with Crippen LogP contribution < -0.4 is 11.1 Å². The van der Waals surface area contributed by atoms with Crippen molar-refractivity contribution in [3.05, 3.63) is 0 Å². The summed E-state index contributed by atoms with van der Waals surface area (Å²) in [5.74, 6) is -4.02. The summed E-state index contributed by atoms with van der Waals surface area (Å²) < 4.78 is 38.1. The predicted octanol–water partition coefficient (Wildman–Crippen LogP) is 1.23. The van der Waals surface area contributed by atoms with E-state index < -0.39 is 47.8 Å². The van der Waals surface area contributed by atoms with Gasteiger partial charge in [-0.05, 0) is 24.7 Å². The molecule has 6 nitrogen and oxygen atoms in total. The minimum atomic E-state index is -5.03. The standard InChI is InChI=1S/C16H26F3N3O3/c1-8(2)11(20)15(25)22-7-5-6-10(22)14(24)21-12(9(3)4)13(23)16(17,18)19/h8-12H,5-7,20H2,1-4H3,(H,21,24)/t10-,11-,12?/m0/s1. The topological polar surface area (TPSA) is 92.5 Å². The summed E-state index contributed by atoms with van der Waals surface area (Å²) in [5, 5.41) is 2.17. The molecule has 0 aromatic heterocycles. The molecule has 0 bridgehead atoms. The van der Waals surface area contributed by atoms with Crippen LogP contribution in [0.4, 0.5) is 13.2 Å². The molecule has 9 heteroatoms. The first-order chi connectivity index (χ1) is 11.4. The Balaban J connectivity index is 2.90. The minimum absolute atomic E-state index is 0.132. The molecule has 0 aromatic carbocycles. The molecule has 1 fully saturated rings. The summed E-state index contributed by atoms with van der Waals surface area (Å²) in [6, 6.07) is -3.37. The number of nitrogens with two attached hydrogens (primary N) is 1. The van der Waals surface area contributed by atoms with Gasteiger partial charge in [-0.15, -0.1) is 0 Å². The number of alkyl halides is 3. The Bertz CT molecular complexity index is 520. The van der Waals surface area contributed by atoms with Crippen molar-refractivity contribution < 1.29 is 27.6 Å². The van der Waals surface area contributed by atoms with E-state index in [0.29, 0.717) is 19.4 Å². The van der Waals surface area contributed by atoms with Gasteiger partial charge in [0.15, 0.2) is 0 Å². The molecule has 2 amide bonds. The van der Waals surface area contributed by atoms with Crippen molar-refractivity contribution in [1.29, 1.82) is 0 Å². The van der Waals surface area contributed by atoms with Gasteiger partial charge in [-0.1, -0.05) is 27.7 Å². The quantitative estimate of drug-likeness (QED) is 0.741. The molecule has 3 N–H and O–H groups in total. The molecule has 0 spiro atoms. The van der Waals surface area contributed by atoms with Gasteiger partial charge >= 0.3 is 6.18 Å². The first-order valence-corrected chi connectivity index (χ1v) is 8.35. The van der Waals surface area contributed by atoms with E-state index >= 15 is 0 Å². The maximum absolute atomic E-state index is 12.7. The number of nitrogens with one attached hydrogen (secondary N) is 1. The molecule has 0 aromatic rings. The van der Waals surface area contributed by atoms with Crippen molar-refractivity contribution >= 4 is 17.6 Å². The van der Waals surface area contributed by atoms with E-state index in [1.54, 1.807) is 13.8 Å². The second-order valence-corrected chi connectivity index (χ2v) is 7.05. The lowest BCUT2D eigenvalue weighted by Gasteiger charge is -2.30. The second-order valence-electron chi connectivity index (χ2n) is 7.05. The summed E-state index contributed by atoms with van der Waals surface area (Å²) in [7, 11) is 0. The molecule has 3 atom stereocenters. The van der Waals surface area contributed by atoms with Gasteiger partial charge in [0.25, 0.3) is 5.78 Å². The highest BCUT2D eigenvalue weighted by Crippen LogP contribution is 2.23. The molecule has 0 aliphatic carbocycles. The summed E-state index contributed by atoms with van der Waals surface area (Å²) in [6.07, 6.45) is -4.16. The molecule has 0 saturated carbocycles. The second kappa shape index (κ2) is 8.16. The highest BCUT2D eigenvalue weighted by Gasteiger charge is 2.46. The van der Waals surface area contributed by atoms with Crippen LogP contribution in [-0.4, -0.2) is 53.3 Å². The molecular weight excluding hydrogens is 339 g/mol. The molecule has 1 saturated heterocycles. The number of carbonyl (C=O) groups excluding carboxylic acids is 3. The zero-order valence-corrected chi connectivity index (χ0v) is 14.9. The Labute approximate surface area is 145 Å². The van der Waals surface area contributed by atoms with Gasteiger partial charge in [-0.3, -0.25) is 14.4 Å². The molecule has 1 unspecified atom stereocenters. The lowest BCUT2D eigenvalue weighted by atomic mass is 9.98. The fourth-order valence-electron chi connectivity index (χ4n) is 2.74. The molecule has 1 heterocycles. The Kier molecular flexibility index (Phi) is 6.99. The average molecular weight is 365 g/mol. The Hall–Kier alpha value is -1.64. The van der Waals surface area contributed by atoms with Crippen LogP contribution in [-0.2, 0) is 14.4 Å².